The number of fused-ring (bicyclic) bond motifs is 9. The molecule has 0 aliphatic heterocycles. The molecule has 0 atom stereocenters. The van der Waals surface area contributed by atoms with E-state index in [1.54, 1.807) is 48.5 Å². The Morgan fingerprint density at radius 1 is 0.353 bits per heavy atom. The molecule has 0 bridgehead atoms. The standard InChI is InChI=1S/C45H28N6/c1-8-22-36-29(15-1)30-16-2-9-23-37(30)49(36)42-28-14-7-21-35(42)43-46-44(50-38-24-10-3-17-31(38)32-18-4-11-25-39(32)50)48-45(47-43)51-40-26-12-5-19-33(40)34-20-6-13-27-41(34)51/h1-28H/i1D,2D,3D,5D,7D,8D,9D,10D,12D,14D,15D,16D,17D,19D,21D,22D,23D,24D,26D,28D. The lowest BCUT2D eigenvalue weighted by molar-refractivity contribution is 0.892. The van der Waals surface area contributed by atoms with Crippen LogP contribution in [0.3, 0.4) is 0 Å². The summed E-state index contributed by atoms with van der Waals surface area (Å²) < 4.78 is 183. The van der Waals surface area contributed by atoms with Crippen LogP contribution >= 0.6 is 0 Å². The van der Waals surface area contributed by atoms with Crippen molar-refractivity contribution >= 4 is 65.4 Å². The summed E-state index contributed by atoms with van der Waals surface area (Å²) >= 11 is 0. The maximum absolute atomic E-state index is 9.60. The number of benzene rings is 7. The van der Waals surface area contributed by atoms with E-state index in [0.717, 1.165) is 4.57 Å². The number of aromatic nitrogens is 6. The van der Waals surface area contributed by atoms with Crippen molar-refractivity contribution in [3.8, 4) is 29.0 Å². The van der Waals surface area contributed by atoms with Crippen LogP contribution in [0.25, 0.3) is 94.4 Å². The molecule has 11 aromatic rings. The predicted molar refractivity (Wildman–Crippen MR) is 208 cm³/mol. The first-order valence-corrected chi connectivity index (χ1v) is 15.5. The van der Waals surface area contributed by atoms with E-state index in [1.165, 1.54) is 9.13 Å². The summed E-state index contributed by atoms with van der Waals surface area (Å²) in [6.07, 6.45) is 0. The molecule has 6 nitrogen and oxygen atoms in total. The van der Waals surface area contributed by atoms with Gasteiger partial charge in [0.05, 0.1) is 66.2 Å². The van der Waals surface area contributed by atoms with Crippen LogP contribution in [0.4, 0.5) is 0 Å². The van der Waals surface area contributed by atoms with Crippen LogP contribution in [-0.2, 0) is 0 Å². The van der Waals surface area contributed by atoms with Crippen LogP contribution in [0.5, 0.6) is 0 Å². The molecule has 0 saturated heterocycles. The number of hydrogen-bond acceptors (Lipinski definition) is 3. The van der Waals surface area contributed by atoms with Crippen LogP contribution in [0.2, 0.25) is 0 Å². The van der Waals surface area contributed by atoms with Crippen molar-refractivity contribution in [2.75, 3.05) is 0 Å². The second-order valence-electron chi connectivity index (χ2n) is 11.4. The molecular weight excluding hydrogens is 625 g/mol. The second-order valence-corrected chi connectivity index (χ2v) is 11.4. The van der Waals surface area contributed by atoms with E-state index in [9.17, 15) is 8.22 Å². The molecule has 0 spiro atoms. The first kappa shape index (κ1) is 14.8. The molecule has 6 heteroatoms. The highest BCUT2D eigenvalue weighted by molar-refractivity contribution is 6.11. The molecule has 238 valence electrons. The summed E-state index contributed by atoms with van der Waals surface area (Å²) in [5, 5.41) is -0.0481. The van der Waals surface area contributed by atoms with E-state index in [4.69, 9.17) is 34.1 Å². The van der Waals surface area contributed by atoms with Crippen molar-refractivity contribution in [1.82, 2.24) is 28.7 Å². The lowest BCUT2D eigenvalue weighted by atomic mass is 10.1. The van der Waals surface area contributed by atoms with Gasteiger partial charge in [-0.15, -0.1) is 0 Å². The fraction of sp³-hybridized carbons (Fsp3) is 0. The first-order chi connectivity index (χ1) is 33.6. The average Bonchev–Trinajstić information content (AvgIpc) is 4.03. The van der Waals surface area contributed by atoms with Crippen molar-refractivity contribution in [3.05, 3.63) is 169 Å². The molecule has 0 N–H and O–H groups in total. The Kier molecular flexibility index (Phi) is 3.12. The Morgan fingerprint density at radius 3 is 1.25 bits per heavy atom. The fourth-order valence-electron chi connectivity index (χ4n) is 6.70. The Labute approximate surface area is 320 Å². The van der Waals surface area contributed by atoms with E-state index < -0.39 is 172 Å². The second kappa shape index (κ2) is 10.7. The lowest BCUT2D eigenvalue weighted by Gasteiger charge is -2.16. The minimum atomic E-state index is -0.878. The SMILES string of the molecule is [2H]c1c([2H])c([2H])c(-n2c3c([2H])c([2H])c([2H])c([2H])c3c3c([2H])c([2H])c([2H])c([2H])c32)c(-c2nc(-n3c4ccccc4c4c([2H])c([2H])c([2H])c([2H])c43)nc(-n3c4ccccc4c4c([2H])c([2H])c([2H])c([2H])c43)n2)c1[2H]. The molecule has 7 aromatic carbocycles. The van der Waals surface area contributed by atoms with Crippen molar-refractivity contribution in [2.45, 2.75) is 0 Å². The third-order valence-corrected chi connectivity index (χ3v) is 8.77. The molecule has 0 aliphatic rings. The molecule has 4 heterocycles. The molecule has 0 aliphatic carbocycles. The molecule has 0 amide bonds. The molecule has 51 heavy (non-hydrogen) atoms. The lowest BCUT2D eigenvalue weighted by Crippen LogP contribution is -2.11. The number of rotatable bonds is 4. The molecule has 11 rings (SSSR count). The molecule has 0 saturated carbocycles. The Bertz CT molecular complexity index is 4080. The van der Waals surface area contributed by atoms with Gasteiger partial charge in [0.1, 0.15) is 0 Å². The summed E-state index contributed by atoms with van der Waals surface area (Å²) in [6, 6.07) is -0.878. The highest BCUT2D eigenvalue weighted by atomic mass is 15.3. The van der Waals surface area contributed by atoms with Crippen LogP contribution in [0.1, 0.15) is 27.4 Å². The zero-order valence-corrected chi connectivity index (χ0v) is 25.8. The van der Waals surface area contributed by atoms with E-state index in [1.807, 2.05) is 0 Å². The van der Waals surface area contributed by atoms with Gasteiger partial charge in [0.15, 0.2) is 5.82 Å². The highest BCUT2D eigenvalue weighted by Gasteiger charge is 2.22. The third kappa shape index (κ3) is 4.01. The molecule has 0 unspecified atom stereocenters. The van der Waals surface area contributed by atoms with Gasteiger partial charge in [0.25, 0.3) is 0 Å². The topological polar surface area (TPSA) is 53.5 Å². The smallest absolute Gasteiger partial charge is 0.240 e. The maximum Gasteiger partial charge on any atom is 0.240 e. The van der Waals surface area contributed by atoms with E-state index in [-0.39, 0.29) is 32.8 Å². The Morgan fingerprint density at radius 2 is 0.745 bits per heavy atom. The van der Waals surface area contributed by atoms with Gasteiger partial charge in [-0.3, -0.25) is 9.13 Å². The van der Waals surface area contributed by atoms with E-state index >= 15 is 0 Å². The predicted octanol–water partition coefficient (Wildman–Crippen LogP) is 10.8. The quantitative estimate of drug-likeness (QED) is 0.187. The van der Waals surface area contributed by atoms with Crippen LogP contribution in [0, 0.1) is 0 Å². The van der Waals surface area contributed by atoms with Gasteiger partial charge in [0.2, 0.25) is 11.9 Å². The average molecular weight is 673 g/mol. The van der Waals surface area contributed by atoms with E-state index in [2.05, 4.69) is 0 Å². The summed E-state index contributed by atoms with van der Waals surface area (Å²) in [5.41, 5.74) is -2.03. The van der Waals surface area contributed by atoms with Gasteiger partial charge in [-0.1, -0.05) is 121 Å². The van der Waals surface area contributed by atoms with Crippen molar-refractivity contribution in [1.29, 1.82) is 0 Å². The Balaban J connectivity index is 1.41. The summed E-state index contributed by atoms with van der Waals surface area (Å²) in [4.78, 5) is 14.5. The van der Waals surface area contributed by atoms with Crippen LogP contribution in [0.15, 0.2) is 169 Å². The highest BCUT2D eigenvalue weighted by Crippen LogP contribution is 2.37. The molecular formula is C45H28N6. The third-order valence-electron chi connectivity index (χ3n) is 8.77. The van der Waals surface area contributed by atoms with Gasteiger partial charge in [-0.2, -0.15) is 15.0 Å². The summed E-state index contributed by atoms with van der Waals surface area (Å²) in [7, 11) is 0. The van der Waals surface area contributed by atoms with Crippen molar-refractivity contribution < 1.29 is 27.4 Å². The normalized spacial score (nSPS) is 17.4. The van der Waals surface area contributed by atoms with Crippen molar-refractivity contribution in [2.24, 2.45) is 0 Å². The van der Waals surface area contributed by atoms with Gasteiger partial charge in [-0.05, 0) is 48.4 Å². The van der Waals surface area contributed by atoms with Gasteiger partial charge < -0.3 is 4.57 Å². The summed E-state index contributed by atoms with van der Waals surface area (Å²) in [5.74, 6) is -1.49. The van der Waals surface area contributed by atoms with Gasteiger partial charge in [0, 0.05) is 37.9 Å². The van der Waals surface area contributed by atoms with Gasteiger partial charge >= 0.3 is 0 Å². The molecule has 0 radical (unpaired) electrons. The Hall–Kier alpha value is -7.05. The first-order valence-electron chi connectivity index (χ1n) is 25.5. The number of nitrogens with zero attached hydrogens (tertiary/aromatic N) is 6. The fourth-order valence-corrected chi connectivity index (χ4v) is 6.70. The maximum atomic E-state index is 9.60. The zero-order chi connectivity index (χ0) is 50.9. The largest absolute Gasteiger partial charge is 0.309 e. The number of hydrogen-bond donors (Lipinski definition) is 0. The minimum Gasteiger partial charge on any atom is -0.309 e. The van der Waals surface area contributed by atoms with Gasteiger partial charge in [-0.25, -0.2) is 0 Å². The van der Waals surface area contributed by atoms with Crippen LogP contribution in [-0.4, -0.2) is 28.7 Å². The minimum absolute atomic E-state index is 0.0527. The summed E-state index contributed by atoms with van der Waals surface area (Å²) in [6.45, 7) is 0. The van der Waals surface area contributed by atoms with Crippen LogP contribution < -0.4 is 0 Å². The van der Waals surface area contributed by atoms with Crippen molar-refractivity contribution in [3.63, 3.8) is 0 Å². The molecule has 4 aromatic heterocycles. The number of para-hydroxylation sites is 7. The zero-order valence-electron chi connectivity index (χ0n) is 45.8. The monoisotopic (exact) mass is 672 g/mol. The van der Waals surface area contributed by atoms with E-state index in [0.29, 0.717) is 10.8 Å². The molecule has 0 fully saturated rings.